The van der Waals surface area contributed by atoms with Crippen LogP contribution in [0.1, 0.15) is 65.2 Å². The van der Waals surface area contributed by atoms with Crippen molar-refractivity contribution in [1.29, 1.82) is 0 Å². The van der Waals surface area contributed by atoms with E-state index in [0.717, 1.165) is 35.2 Å². The van der Waals surface area contributed by atoms with Crippen LogP contribution in [-0.4, -0.2) is 30.3 Å². The molecule has 1 saturated carbocycles. The van der Waals surface area contributed by atoms with Crippen molar-refractivity contribution in [2.45, 2.75) is 52.1 Å². The maximum atomic E-state index is 13.4. The molecule has 9 heteroatoms. The highest BCUT2D eigenvalue weighted by atomic mass is 19.3. The highest BCUT2D eigenvalue weighted by Crippen LogP contribution is 2.40. The molecule has 0 unspecified atom stereocenters. The first kappa shape index (κ1) is 17.6. The lowest BCUT2D eigenvalue weighted by Gasteiger charge is -2.06. The van der Waals surface area contributed by atoms with E-state index < -0.39 is 12.3 Å². The van der Waals surface area contributed by atoms with Gasteiger partial charge in [-0.25, -0.2) is 18.3 Å². The van der Waals surface area contributed by atoms with Crippen LogP contribution in [0.2, 0.25) is 0 Å². The highest BCUT2D eigenvalue weighted by Gasteiger charge is 2.28. The molecule has 3 aromatic rings. The van der Waals surface area contributed by atoms with Crippen LogP contribution in [0.5, 0.6) is 0 Å². The Morgan fingerprint density at radius 2 is 2.11 bits per heavy atom. The van der Waals surface area contributed by atoms with Gasteiger partial charge in [0, 0.05) is 42.5 Å². The quantitative estimate of drug-likeness (QED) is 0.720. The number of nitrogens with one attached hydrogen (secondary N) is 1. The third-order valence-corrected chi connectivity index (χ3v) is 4.74. The van der Waals surface area contributed by atoms with Crippen molar-refractivity contribution in [2.75, 3.05) is 0 Å². The molecule has 3 heterocycles. The second kappa shape index (κ2) is 6.71. The molecule has 1 amide bonds. The van der Waals surface area contributed by atoms with Gasteiger partial charge >= 0.3 is 0 Å². The van der Waals surface area contributed by atoms with E-state index >= 15 is 0 Å². The molecule has 142 valence electrons. The van der Waals surface area contributed by atoms with E-state index in [4.69, 9.17) is 0 Å². The van der Waals surface area contributed by atoms with Gasteiger partial charge in [-0.3, -0.25) is 9.48 Å². The van der Waals surface area contributed by atoms with Gasteiger partial charge in [-0.1, -0.05) is 0 Å². The molecular weight excluding hydrogens is 354 g/mol. The number of nitrogens with zero attached hydrogens (tertiary/aromatic N) is 5. The zero-order valence-corrected chi connectivity index (χ0v) is 15.1. The molecule has 1 N–H and O–H groups in total. The number of carbonyl (C=O) groups excluding carboxylic acids is 1. The summed E-state index contributed by atoms with van der Waals surface area (Å²) in [6.07, 6.45) is 1.10. The highest BCUT2D eigenvalue weighted by molar-refractivity contribution is 5.93. The maximum absolute atomic E-state index is 13.4. The number of amides is 1. The summed E-state index contributed by atoms with van der Waals surface area (Å²) in [4.78, 5) is 16.9. The Balaban J connectivity index is 1.58. The summed E-state index contributed by atoms with van der Waals surface area (Å²) in [6, 6.07) is 2.85. The maximum Gasteiger partial charge on any atom is 0.280 e. The Labute approximate surface area is 154 Å². The predicted octanol–water partition coefficient (Wildman–Crippen LogP) is 3.00. The van der Waals surface area contributed by atoms with E-state index in [0.29, 0.717) is 12.2 Å². The third kappa shape index (κ3) is 3.41. The first-order chi connectivity index (χ1) is 13.0. The number of carbonyl (C=O) groups is 1. The molecule has 0 atom stereocenters. The summed E-state index contributed by atoms with van der Waals surface area (Å²) < 4.78 is 29.7. The molecule has 1 aliphatic rings. The normalized spacial score (nSPS) is 14.3. The minimum absolute atomic E-state index is 0.0675. The number of rotatable bonds is 6. The fourth-order valence-electron chi connectivity index (χ4n) is 3.03. The standard InChI is InChI=1S/C18H20F2N6O/c1-3-25-9-12(10(2)23-25)8-21-18(27)14-7-16-22-13(11-4-5-11)6-15(17(19)20)26(16)24-14/h6-7,9,11,17H,3-5,8H2,1-2H3,(H,21,27). The monoisotopic (exact) mass is 374 g/mol. The second-order valence-electron chi connectivity index (χ2n) is 6.76. The fourth-order valence-corrected chi connectivity index (χ4v) is 3.03. The molecular formula is C18H20F2N6O. The largest absolute Gasteiger partial charge is 0.346 e. The Morgan fingerprint density at radius 1 is 1.33 bits per heavy atom. The van der Waals surface area contributed by atoms with Gasteiger partial charge in [-0.2, -0.15) is 10.2 Å². The Kier molecular flexibility index (Phi) is 4.37. The number of hydrogen-bond donors (Lipinski definition) is 1. The molecule has 0 bridgehead atoms. The number of aromatic nitrogens is 5. The van der Waals surface area contributed by atoms with E-state index in [1.807, 2.05) is 20.0 Å². The number of alkyl halides is 2. The minimum Gasteiger partial charge on any atom is -0.346 e. The molecule has 0 radical (unpaired) electrons. The molecule has 0 aliphatic heterocycles. The van der Waals surface area contributed by atoms with Crippen molar-refractivity contribution in [3.05, 3.63) is 46.7 Å². The lowest BCUT2D eigenvalue weighted by Crippen LogP contribution is -2.23. The van der Waals surface area contributed by atoms with Gasteiger partial charge in [-0.05, 0) is 32.8 Å². The Hall–Kier alpha value is -2.84. The first-order valence-corrected chi connectivity index (χ1v) is 8.96. The summed E-state index contributed by atoms with van der Waals surface area (Å²) in [7, 11) is 0. The van der Waals surface area contributed by atoms with Crippen LogP contribution in [0, 0.1) is 6.92 Å². The molecule has 3 aromatic heterocycles. The fraction of sp³-hybridized carbons (Fsp3) is 0.444. The van der Waals surface area contributed by atoms with Gasteiger partial charge in [0.2, 0.25) is 0 Å². The number of fused-ring (bicyclic) bond motifs is 1. The van der Waals surface area contributed by atoms with Gasteiger partial charge < -0.3 is 5.32 Å². The van der Waals surface area contributed by atoms with Crippen molar-refractivity contribution in [3.63, 3.8) is 0 Å². The molecule has 1 aliphatic carbocycles. The number of halogens is 2. The van der Waals surface area contributed by atoms with E-state index in [9.17, 15) is 13.6 Å². The molecule has 4 rings (SSSR count). The van der Waals surface area contributed by atoms with Gasteiger partial charge in [0.05, 0.1) is 5.69 Å². The first-order valence-electron chi connectivity index (χ1n) is 8.96. The van der Waals surface area contributed by atoms with Gasteiger partial charge in [0.25, 0.3) is 12.3 Å². The lowest BCUT2D eigenvalue weighted by molar-refractivity contribution is 0.0944. The van der Waals surface area contributed by atoms with Crippen LogP contribution >= 0.6 is 0 Å². The van der Waals surface area contributed by atoms with Gasteiger partial charge in [-0.15, -0.1) is 0 Å². The van der Waals surface area contributed by atoms with Crippen LogP contribution in [0.4, 0.5) is 8.78 Å². The molecule has 0 aromatic carbocycles. The van der Waals surface area contributed by atoms with Crippen LogP contribution in [0.3, 0.4) is 0 Å². The number of aryl methyl sites for hydroxylation is 2. The van der Waals surface area contributed by atoms with Crippen molar-refractivity contribution in [2.24, 2.45) is 0 Å². The van der Waals surface area contributed by atoms with Crippen LogP contribution in [-0.2, 0) is 13.1 Å². The predicted molar refractivity (Wildman–Crippen MR) is 93.7 cm³/mol. The van der Waals surface area contributed by atoms with E-state index in [1.165, 1.54) is 12.1 Å². The lowest BCUT2D eigenvalue weighted by atomic mass is 10.2. The molecule has 27 heavy (non-hydrogen) atoms. The van der Waals surface area contributed by atoms with E-state index in [1.54, 1.807) is 4.68 Å². The van der Waals surface area contributed by atoms with Crippen molar-refractivity contribution in [3.8, 4) is 0 Å². The topological polar surface area (TPSA) is 77.1 Å². The van der Waals surface area contributed by atoms with Crippen LogP contribution < -0.4 is 5.32 Å². The Morgan fingerprint density at radius 3 is 2.74 bits per heavy atom. The minimum atomic E-state index is -2.69. The van der Waals surface area contributed by atoms with Crippen LogP contribution in [0.25, 0.3) is 5.65 Å². The summed E-state index contributed by atoms with van der Waals surface area (Å²) >= 11 is 0. The average Bonchev–Trinajstić information content (AvgIpc) is 3.30. The summed E-state index contributed by atoms with van der Waals surface area (Å²) in [5, 5.41) is 11.2. The summed E-state index contributed by atoms with van der Waals surface area (Å²) in [6.45, 7) is 4.89. The summed E-state index contributed by atoms with van der Waals surface area (Å²) in [5.74, 6) is -0.199. The Bertz CT molecular complexity index is 1000. The zero-order valence-electron chi connectivity index (χ0n) is 15.1. The molecule has 1 fully saturated rings. The van der Waals surface area contributed by atoms with Gasteiger partial charge in [0.1, 0.15) is 5.69 Å². The smallest absolute Gasteiger partial charge is 0.280 e. The van der Waals surface area contributed by atoms with Gasteiger partial charge in [0.15, 0.2) is 11.3 Å². The van der Waals surface area contributed by atoms with E-state index in [-0.39, 0.29) is 23.0 Å². The molecule has 0 spiro atoms. The SMILES string of the molecule is CCn1cc(CNC(=O)c2cc3nc(C4CC4)cc(C(F)F)n3n2)c(C)n1. The average molecular weight is 374 g/mol. The number of hydrogen-bond acceptors (Lipinski definition) is 4. The molecule has 7 nitrogen and oxygen atoms in total. The van der Waals surface area contributed by atoms with Crippen LogP contribution in [0.15, 0.2) is 18.3 Å². The summed E-state index contributed by atoms with van der Waals surface area (Å²) in [5.41, 5.74) is 2.49. The van der Waals surface area contributed by atoms with E-state index in [2.05, 4.69) is 20.5 Å². The second-order valence-corrected chi connectivity index (χ2v) is 6.76. The van der Waals surface area contributed by atoms with Crippen molar-refractivity contribution >= 4 is 11.6 Å². The van der Waals surface area contributed by atoms with Crippen molar-refractivity contribution < 1.29 is 13.6 Å². The zero-order chi connectivity index (χ0) is 19.1. The van der Waals surface area contributed by atoms with Crippen molar-refractivity contribution in [1.82, 2.24) is 29.7 Å². The molecule has 0 saturated heterocycles. The third-order valence-electron chi connectivity index (χ3n) is 4.74.